The number of aryl methyl sites for hydroxylation is 1. The van der Waals surface area contributed by atoms with E-state index in [0.29, 0.717) is 5.82 Å². The molecule has 0 bridgehead atoms. The van der Waals surface area contributed by atoms with Crippen LogP contribution in [0.25, 0.3) is 22.2 Å². The average molecular weight is 373 g/mol. The first-order chi connectivity index (χ1) is 10.2. The standard InChI is InChI=1S/C15H14ClN5.2ClH/c1-21-6-10(12-14(17)19-7-20-15(12)21)8-2-3-11-9(13(8)16)4-5-18-11;;/h2-3,6-7,18H,4-5H2,1H3,(H2,17,19,20);2*1H. The normalized spacial score (nSPS) is 12.3. The maximum absolute atomic E-state index is 6.62. The number of nitrogens with two attached hydrogens (primary N) is 1. The molecule has 3 N–H and O–H groups in total. The molecule has 1 aliphatic rings. The summed E-state index contributed by atoms with van der Waals surface area (Å²) in [6, 6.07) is 4.10. The van der Waals surface area contributed by atoms with E-state index in [9.17, 15) is 0 Å². The lowest BCUT2D eigenvalue weighted by Gasteiger charge is -2.08. The highest BCUT2D eigenvalue weighted by atomic mass is 35.5. The summed E-state index contributed by atoms with van der Waals surface area (Å²) in [6.07, 6.45) is 4.43. The van der Waals surface area contributed by atoms with Crippen molar-refractivity contribution in [2.45, 2.75) is 6.42 Å². The van der Waals surface area contributed by atoms with Gasteiger partial charge < -0.3 is 15.6 Å². The van der Waals surface area contributed by atoms with Gasteiger partial charge in [0.25, 0.3) is 0 Å². The molecule has 4 rings (SSSR count). The second-order valence-electron chi connectivity index (χ2n) is 5.24. The zero-order valence-electron chi connectivity index (χ0n) is 12.3. The van der Waals surface area contributed by atoms with Crippen LogP contribution in [0.5, 0.6) is 0 Å². The molecule has 1 aromatic carbocycles. The van der Waals surface area contributed by atoms with Crippen molar-refractivity contribution in [3.8, 4) is 11.1 Å². The lowest BCUT2D eigenvalue weighted by Crippen LogP contribution is -1.94. The Bertz CT molecular complexity index is 875. The molecule has 3 aromatic rings. The van der Waals surface area contributed by atoms with Crippen molar-refractivity contribution < 1.29 is 0 Å². The van der Waals surface area contributed by atoms with E-state index in [1.54, 1.807) is 0 Å². The average Bonchev–Trinajstić information content (AvgIpc) is 3.06. The van der Waals surface area contributed by atoms with Gasteiger partial charge in [-0.05, 0) is 18.1 Å². The number of anilines is 2. The molecule has 5 nitrogen and oxygen atoms in total. The van der Waals surface area contributed by atoms with Gasteiger partial charge in [0.1, 0.15) is 17.8 Å². The summed E-state index contributed by atoms with van der Waals surface area (Å²) in [5.41, 5.74) is 11.1. The number of hydrogen-bond acceptors (Lipinski definition) is 4. The van der Waals surface area contributed by atoms with Crippen LogP contribution in [0.2, 0.25) is 5.02 Å². The lowest BCUT2D eigenvalue weighted by atomic mass is 10.0. The summed E-state index contributed by atoms with van der Waals surface area (Å²) in [5, 5.41) is 4.97. The van der Waals surface area contributed by atoms with Gasteiger partial charge in [-0.25, -0.2) is 9.97 Å². The van der Waals surface area contributed by atoms with Crippen LogP contribution >= 0.6 is 36.4 Å². The Labute approximate surface area is 151 Å². The van der Waals surface area contributed by atoms with Crippen LogP contribution in [-0.2, 0) is 13.5 Å². The van der Waals surface area contributed by atoms with E-state index in [0.717, 1.165) is 45.8 Å². The molecule has 0 spiro atoms. The summed E-state index contributed by atoms with van der Waals surface area (Å²) in [4.78, 5) is 8.41. The minimum Gasteiger partial charge on any atom is -0.384 e. The summed E-state index contributed by atoms with van der Waals surface area (Å²) in [5.74, 6) is 0.477. The predicted molar refractivity (Wildman–Crippen MR) is 100 cm³/mol. The number of benzene rings is 1. The van der Waals surface area contributed by atoms with Gasteiger partial charge in [-0.1, -0.05) is 17.7 Å². The number of fused-ring (bicyclic) bond motifs is 2. The fourth-order valence-corrected chi connectivity index (χ4v) is 3.36. The van der Waals surface area contributed by atoms with E-state index in [2.05, 4.69) is 21.4 Å². The molecule has 8 heteroatoms. The molecule has 0 aliphatic carbocycles. The molecule has 122 valence electrons. The molecular weight excluding hydrogens is 357 g/mol. The molecule has 1 aliphatic heterocycles. The third-order valence-corrected chi connectivity index (χ3v) is 4.44. The number of nitrogen functional groups attached to an aromatic ring is 1. The molecule has 0 fully saturated rings. The molecule has 0 atom stereocenters. The van der Waals surface area contributed by atoms with Crippen molar-refractivity contribution in [1.29, 1.82) is 0 Å². The second kappa shape index (κ2) is 6.43. The number of rotatable bonds is 1. The van der Waals surface area contributed by atoms with E-state index < -0.39 is 0 Å². The Morgan fingerprint density at radius 3 is 2.78 bits per heavy atom. The zero-order valence-corrected chi connectivity index (χ0v) is 14.7. The molecule has 2 aromatic heterocycles. The highest BCUT2D eigenvalue weighted by molar-refractivity contribution is 6.35. The first kappa shape index (κ1) is 17.7. The van der Waals surface area contributed by atoms with Crippen LogP contribution in [0.4, 0.5) is 11.5 Å². The lowest BCUT2D eigenvalue weighted by molar-refractivity contribution is 0.945. The molecule has 0 saturated heterocycles. The van der Waals surface area contributed by atoms with E-state index in [-0.39, 0.29) is 24.8 Å². The Kier molecular flexibility index (Phi) is 4.94. The highest BCUT2D eigenvalue weighted by Gasteiger charge is 2.20. The Morgan fingerprint density at radius 2 is 2.00 bits per heavy atom. The van der Waals surface area contributed by atoms with Gasteiger partial charge in [-0.3, -0.25) is 0 Å². The van der Waals surface area contributed by atoms with Crippen molar-refractivity contribution in [3.63, 3.8) is 0 Å². The van der Waals surface area contributed by atoms with E-state index in [4.69, 9.17) is 17.3 Å². The van der Waals surface area contributed by atoms with Crippen molar-refractivity contribution >= 4 is 59.0 Å². The topological polar surface area (TPSA) is 68.8 Å². The molecule has 0 amide bonds. The predicted octanol–water partition coefficient (Wildman–Crippen LogP) is 3.68. The quantitative estimate of drug-likeness (QED) is 0.683. The molecule has 0 saturated carbocycles. The van der Waals surface area contributed by atoms with Crippen LogP contribution in [0.15, 0.2) is 24.7 Å². The van der Waals surface area contributed by atoms with Gasteiger partial charge in [-0.15, -0.1) is 24.8 Å². The molecule has 23 heavy (non-hydrogen) atoms. The minimum absolute atomic E-state index is 0. The van der Waals surface area contributed by atoms with Crippen LogP contribution < -0.4 is 11.1 Å². The number of nitrogens with zero attached hydrogens (tertiary/aromatic N) is 3. The van der Waals surface area contributed by atoms with Gasteiger partial charge >= 0.3 is 0 Å². The van der Waals surface area contributed by atoms with Crippen molar-refractivity contribution in [2.24, 2.45) is 7.05 Å². The maximum atomic E-state index is 6.62. The fraction of sp³-hybridized carbons (Fsp3) is 0.200. The third kappa shape index (κ3) is 2.59. The fourth-order valence-electron chi connectivity index (χ4n) is 3.00. The van der Waals surface area contributed by atoms with Crippen LogP contribution in [0, 0.1) is 0 Å². The van der Waals surface area contributed by atoms with Crippen LogP contribution in [0.1, 0.15) is 5.56 Å². The van der Waals surface area contributed by atoms with Crippen molar-refractivity contribution in [1.82, 2.24) is 14.5 Å². The maximum Gasteiger partial charge on any atom is 0.145 e. The first-order valence-electron chi connectivity index (χ1n) is 6.78. The third-order valence-electron chi connectivity index (χ3n) is 4.01. The molecule has 3 heterocycles. The van der Waals surface area contributed by atoms with Crippen molar-refractivity contribution in [2.75, 3.05) is 17.6 Å². The number of nitrogens with one attached hydrogen (secondary N) is 1. The van der Waals surface area contributed by atoms with Gasteiger partial charge in [-0.2, -0.15) is 0 Å². The summed E-state index contributed by atoms with van der Waals surface area (Å²) in [6.45, 7) is 0.930. The van der Waals surface area contributed by atoms with Crippen LogP contribution in [-0.4, -0.2) is 21.1 Å². The zero-order chi connectivity index (χ0) is 14.6. The van der Waals surface area contributed by atoms with E-state index in [1.165, 1.54) is 11.9 Å². The van der Waals surface area contributed by atoms with Crippen molar-refractivity contribution in [3.05, 3.63) is 35.2 Å². The number of halogens is 3. The summed E-state index contributed by atoms with van der Waals surface area (Å²) < 4.78 is 1.95. The minimum atomic E-state index is 0. The largest absolute Gasteiger partial charge is 0.384 e. The van der Waals surface area contributed by atoms with Crippen LogP contribution in [0.3, 0.4) is 0 Å². The second-order valence-corrected chi connectivity index (χ2v) is 5.62. The van der Waals surface area contributed by atoms with Gasteiger partial charge in [0.15, 0.2) is 0 Å². The van der Waals surface area contributed by atoms with Gasteiger partial charge in [0.05, 0.1) is 10.4 Å². The SMILES string of the molecule is Cl.Cl.Cn1cc(-c2ccc3c(c2Cl)CCN3)c2c(N)ncnc21. The highest BCUT2D eigenvalue weighted by Crippen LogP contribution is 2.41. The Balaban J connectivity index is 0.000000960. The van der Waals surface area contributed by atoms with Gasteiger partial charge in [0.2, 0.25) is 0 Å². The molecule has 0 radical (unpaired) electrons. The van der Waals surface area contributed by atoms with E-state index in [1.807, 2.05) is 23.9 Å². The molecular formula is C15H16Cl3N5. The number of aromatic nitrogens is 3. The van der Waals surface area contributed by atoms with E-state index >= 15 is 0 Å². The molecule has 0 unspecified atom stereocenters. The summed E-state index contributed by atoms with van der Waals surface area (Å²) in [7, 11) is 1.95. The van der Waals surface area contributed by atoms with Gasteiger partial charge in [0, 0.05) is 36.6 Å². The Morgan fingerprint density at radius 1 is 1.22 bits per heavy atom. The number of hydrogen-bond donors (Lipinski definition) is 2. The smallest absolute Gasteiger partial charge is 0.145 e. The monoisotopic (exact) mass is 371 g/mol. The first-order valence-corrected chi connectivity index (χ1v) is 7.15. The summed E-state index contributed by atoms with van der Waals surface area (Å²) >= 11 is 6.62. The Hall–Kier alpha value is -1.69.